The third kappa shape index (κ3) is 2.42. The first-order chi connectivity index (χ1) is 9.23. The van der Waals surface area contributed by atoms with Crippen LogP contribution in [0.4, 0.5) is 5.95 Å². The van der Waals surface area contributed by atoms with Crippen molar-refractivity contribution in [1.29, 1.82) is 0 Å². The van der Waals surface area contributed by atoms with Crippen LogP contribution in [0.15, 0.2) is 18.3 Å². The van der Waals surface area contributed by atoms with E-state index in [9.17, 15) is 0 Å². The van der Waals surface area contributed by atoms with Gasteiger partial charge in [-0.15, -0.1) is 0 Å². The number of aromatic amines is 1. The number of hydrogen-bond acceptors (Lipinski definition) is 5. The van der Waals surface area contributed by atoms with Gasteiger partial charge in [0.25, 0.3) is 0 Å². The monoisotopic (exact) mass is 263 g/mol. The van der Waals surface area contributed by atoms with Crippen LogP contribution >= 0.6 is 0 Å². The Hall–Kier alpha value is -2.37. The highest BCUT2D eigenvalue weighted by Gasteiger charge is 2.14. The zero-order valence-electron chi connectivity index (χ0n) is 11.4. The number of rotatable bonds is 5. The van der Waals surface area contributed by atoms with Crippen molar-refractivity contribution in [3.63, 3.8) is 0 Å². The number of aromatic nitrogens is 2. The molecule has 2 N–H and O–H groups in total. The predicted molar refractivity (Wildman–Crippen MR) is 73.2 cm³/mol. The fourth-order valence-corrected chi connectivity index (χ4v) is 1.82. The lowest BCUT2D eigenvalue weighted by atomic mass is 10.1. The van der Waals surface area contributed by atoms with Gasteiger partial charge in [-0.3, -0.25) is 0 Å². The van der Waals surface area contributed by atoms with Crippen molar-refractivity contribution in [2.24, 2.45) is 0 Å². The number of imidazole rings is 1. The van der Waals surface area contributed by atoms with E-state index < -0.39 is 0 Å². The number of benzene rings is 1. The summed E-state index contributed by atoms with van der Waals surface area (Å²) < 4.78 is 15.9. The topological polar surface area (TPSA) is 68.4 Å². The minimum atomic E-state index is 0.622. The molecule has 6 heteroatoms. The molecule has 0 bridgehead atoms. The van der Waals surface area contributed by atoms with Gasteiger partial charge >= 0.3 is 0 Å². The lowest BCUT2D eigenvalue weighted by molar-refractivity contribution is 0.349. The van der Waals surface area contributed by atoms with Crippen LogP contribution in [0, 0.1) is 0 Å². The van der Waals surface area contributed by atoms with E-state index in [4.69, 9.17) is 14.2 Å². The molecule has 1 aromatic heterocycles. The smallest absolute Gasteiger partial charge is 0.200 e. The van der Waals surface area contributed by atoms with Gasteiger partial charge < -0.3 is 24.5 Å². The molecule has 0 unspecified atom stereocenters. The van der Waals surface area contributed by atoms with Gasteiger partial charge in [0, 0.05) is 18.7 Å². The Morgan fingerprint density at radius 1 is 1.00 bits per heavy atom. The second-order valence-electron chi connectivity index (χ2n) is 3.80. The summed E-state index contributed by atoms with van der Waals surface area (Å²) in [5, 5.41) is 2.94. The van der Waals surface area contributed by atoms with E-state index in [1.807, 2.05) is 6.07 Å². The van der Waals surface area contributed by atoms with Gasteiger partial charge in [-0.1, -0.05) is 0 Å². The van der Waals surface area contributed by atoms with E-state index in [1.54, 1.807) is 40.6 Å². The second kappa shape index (κ2) is 5.51. The number of nitrogens with zero attached hydrogens (tertiary/aromatic N) is 1. The SMILES string of the molecule is CNc1ncc(-c2cc(OC)c(OC)cc2OC)[nH]1. The second-order valence-corrected chi connectivity index (χ2v) is 3.80. The van der Waals surface area contributed by atoms with Crippen LogP contribution in [-0.2, 0) is 0 Å². The number of anilines is 1. The number of methoxy groups -OCH3 is 3. The zero-order chi connectivity index (χ0) is 13.8. The van der Waals surface area contributed by atoms with Gasteiger partial charge in [0.15, 0.2) is 17.4 Å². The van der Waals surface area contributed by atoms with Gasteiger partial charge in [0.2, 0.25) is 0 Å². The summed E-state index contributed by atoms with van der Waals surface area (Å²) in [6.07, 6.45) is 1.73. The normalized spacial score (nSPS) is 10.1. The van der Waals surface area contributed by atoms with Gasteiger partial charge in [0.05, 0.1) is 33.2 Å². The molecular weight excluding hydrogens is 246 g/mol. The zero-order valence-corrected chi connectivity index (χ0v) is 11.4. The van der Waals surface area contributed by atoms with Crippen molar-refractivity contribution in [1.82, 2.24) is 9.97 Å². The molecule has 1 heterocycles. The molecule has 0 aliphatic heterocycles. The van der Waals surface area contributed by atoms with Crippen molar-refractivity contribution in [3.8, 4) is 28.5 Å². The number of H-pyrrole nitrogens is 1. The van der Waals surface area contributed by atoms with E-state index >= 15 is 0 Å². The van der Waals surface area contributed by atoms with Crippen molar-refractivity contribution >= 4 is 5.95 Å². The summed E-state index contributed by atoms with van der Waals surface area (Å²) in [5.74, 6) is 2.63. The molecular formula is C13H17N3O3. The maximum Gasteiger partial charge on any atom is 0.200 e. The number of ether oxygens (including phenoxy) is 3. The Labute approximate surface area is 111 Å². The molecule has 0 saturated carbocycles. The van der Waals surface area contributed by atoms with Crippen LogP contribution in [-0.4, -0.2) is 38.3 Å². The highest BCUT2D eigenvalue weighted by atomic mass is 16.5. The predicted octanol–water partition coefficient (Wildman–Crippen LogP) is 2.14. The standard InChI is InChI=1S/C13H17N3O3/c1-14-13-15-7-9(16-13)8-5-11(18-3)12(19-4)6-10(8)17-2/h5-7H,1-4H3,(H2,14,15,16). The molecule has 0 amide bonds. The highest BCUT2D eigenvalue weighted by Crippen LogP contribution is 2.39. The molecule has 0 fully saturated rings. The lowest BCUT2D eigenvalue weighted by Gasteiger charge is -2.13. The summed E-state index contributed by atoms with van der Waals surface area (Å²) in [7, 11) is 6.60. The molecule has 0 saturated heterocycles. The van der Waals surface area contributed by atoms with Gasteiger partial charge in [-0.05, 0) is 6.07 Å². The molecule has 102 valence electrons. The Bertz CT molecular complexity index is 566. The highest BCUT2D eigenvalue weighted by molar-refractivity contribution is 5.72. The van der Waals surface area contributed by atoms with Crippen molar-refractivity contribution in [2.75, 3.05) is 33.7 Å². The van der Waals surface area contributed by atoms with Crippen molar-refractivity contribution in [2.45, 2.75) is 0 Å². The third-order valence-corrected chi connectivity index (χ3v) is 2.81. The number of hydrogen-bond donors (Lipinski definition) is 2. The minimum absolute atomic E-state index is 0.622. The average molecular weight is 263 g/mol. The lowest BCUT2D eigenvalue weighted by Crippen LogP contribution is -1.95. The summed E-state index contributed by atoms with van der Waals surface area (Å²) in [6, 6.07) is 3.64. The van der Waals surface area contributed by atoms with Crippen LogP contribution in [0.2, 0.25) is 0 Å². The minimum Gasteiger partial charge on any atom is -0.496 e. The molecule has 0 atom stereocenters. The van der Waals surface area contributed by atoms with E-state index in [-0.39, 0.29) is 0 Å². The first-order valence-electron chi connectivity index (χ1n) is 5.76. The van der Waals surface area contributed by atoms with Crippen molar-refractivity contribution < 1.29 is 14.2 Å². The maximum absolute atomic E-state index is 5.38. The van der Waals surface area contributed by atoms with Crippen molar-refractivity contribution in [3.05, 3.63) is 18.3 Å². The van der Waals surface area contributed by atoms with E-state index in [0.29, 0.717) is 23.2 Å². The number of nitrogens with one attached hydrogen (secondary N) is 2. The van der Waals surface area contributed by atoms with Crippen LogP contribution in [0.3, 0.4) is 0 Å². The Kier molecular flexibility index (Phi) is 3.79. The van der Waals surface area contributed by atoms with Crippen LogP contribution in [0.25, 0.3) is 11.3 Å². The van der Waals surface area contributed by atoms with Crippen LogP contribution in [0.1, 0.15) is 0 Å². The Morgan fingerprint density at radius 2 is 1.63 bits per heavy atom. The first kappa shape index (κ1) is 13.1. The fraction of sp³-hybridized carbons (Fsp3) is 0.308. The van der Waals surface area contributed by atoms with E-state index in [0.717, 1.165) is 11.3 Å². The largest absolute Gasteiger partial charge is 0.496 e. The summed E-state index contributed by atoms with van der Waals surface area (Å²) in [5.41, 5.74) is 1.69. The molecule has 0 radical (unpaired) electrons. The molecule has 2 aromatic rings. The molecule has 6 nitrogen and oxygen atoms in total. The van der Waals surface area contributed by atoms with E-state index in [2.05, 4.69) is 15.3 Å². The third-order valence-electron chi connectivity index (χ3n) is 2.81. The van der Waals surface area contributed by atoms with Gasteiger partial charge in [0.1, 0.15) is 5.75 Å². The maximum atomic E-state index is 5.38. The summed E-state index contributed by atoms with van der Waals surface area (Å²) >= 11 is 0. The molecule has 0 aliphatic carbocycles. The van der Waals surface area contributed by atoms with Gasteiger partial charge in [-0.25, -0.2) is 4.98 Å². The average Bonchev–Trinajstić information content (AvgIpc) is 2.94. The molecule has 1 aromatic carbocycles. The molecule has 2 rings (SSSR count). The van der Waals surface area contributed by atoms with Crippen LogP contribution in [0.5, 0.6) is 17.2 Å². The van der Waals surface area contributed by atoms with Crippen LogP contribution < -0.4 is 19.5 Å². The van der Waals surface area contributed by atoms with E-state index in [1.165, 1.54) is 0 Å². The van der Waals surface area contributed by atoms with Gasteiger partial charge in [-0.2, -0.15) is 0 Å². The Balaban J connectivity index is 2.54. The summed E-state index contributed by atoms with van der Waals surface area (Å²) in [6.45, 7) is 0. The molecule has 0 spiro atoms. The first-order valence-corrected chi connectivity index (χ1v) is 5.76. The Morgan fingerprint density at radius 3 is 2.16 bits per heavy atom. The quantitative estimate of drug-likeness (QED) is 0.865. The summed E-state index contributed by atoms with van der Waals surface area (Å²) in [4.78, 5) is 7.33. The molecule has 19 heavy (non-hydrogen) atoms. The fourth-order valence-electron chi connectivity index (χ4n) is 1.82. The molecule has 0 aliphatic rings.